The number of thiazole rings is 1. The van der Waals surface area contributed by atoms with E-state index in [2.05, 4.69) is 48.5 Å². The van der Waals surface area contributed by atoms with Crippen LogP contribution in [0.4, 0.5) is 9.80 Å². The van der Waals surface area contributed by atoms with E-state index in [4.69, 9.17) is 19.6 Å². The van der Waals surface area contributed by atoms with Crippen LogP contribution in [0.15, 0.2) is 24.8 Å². The molecular formula is C27H38N8O4SSi. The maximum absolute atomic E-state index is 11.3. The van der Waals surface area contributed by atoms with E-state index in [1.165, 1.54) is 11.2 Å². The fourth-order valence-corrected chi connectivity index (χ4v) is 6.65. The fraction of sp³-hybridized carbons (Fsp3) is 0.519. The molecule has 0 spiro atoms. The average Bonchev–Trinajstić information content (AvgIpc) is 3.68. The molecule has 14 heteroatoms. The summed E-state index contributed by atoms with van der Waals surface area (Å²) in [5.74, 6) is 0.764. The second-order valence-corrected chi connectivity index (χ2v) is 18.3. The number of carboxylic acid groups (broad SMARTS) is 1. The number of hydrogen-bond donors (Lipinski definition) is 1. The molecule has 12 nitrogen and oxygen atoms in total. The maximum Gasteiger partial charge on any atom is 0.407 e. The number of carbonyl (C=O) groups is 1. The van der Waals surface area contributed by atoms with Crippen molar-refractivity contribution in [2.45, 2.75) is 52.2 Å². The SMILES string of the molecule is COc1cc(-c2c(C(C)C)c(-c3ncc(N4CCN(C(=O)O)CC4)s3)nn2COCC[Si](C)(C)C)cn2ncnc12. The number of hydrogen-bond acceptors (Lipinski definition) is 9. The highest BCUT2D eigenvalue weighted by Crippen LogP contribution is 2.41. The van der Waals surface area contributed by atoms with Gasteiger partial charge in [-0.3, -0.25) is 0 Å². The van der Waals surface area contributed by atoms with Crippen LogP contribution in [0, 0.1) is 0 Å². The van der Waals surface area contributed by atoms with Gasteiger partial charge in [0.1, 0.15) is 28.8 Å². The van der Waals surface area contributed by atoms with E-state index in [9.17, 15) is 9.90 Å². The van der Waals surface area contributed by atoms with Crippen LogP contribution in [0.5, 0.6) is 5.75 Å². The highest BCUT2D eigenvalue weighted by atomic mass is 32.1. The normalized spacial score (nSPS) is 14.4. The van der Waals surface area contributed by atoms with Crippen molar-refractivity contribution in [2.75, 3.05) is 44.8 Å². The Balaban J connectivity index is 1.54. The Labute approximate surface area is 244 Å². The van der Waals surface area contributed by atoms with Crippen molar-refractivity contribution in [3.63, 3.8) is 0 Å². The minimum atomic E-state index is -1.25. The summed E-state index contributed by atoms with van der Waals surface area (Å²) in [5.41, 5.74) is 4.37. The summed E-state index contributed by atoms with van der Waals surface area (Å²) in [4.78, 5) is 24.1. The number of pyridine rings is 1. The molecule has 4 aromatic rings. The fourth-order valence-electron chi connectivity index (χ4n) is 4.92. The summed E-state index contributed by atoms with van der Waals surface area (Å²) < 4.78 is 15.5. The molecule has 1 saturated heterocycles. The van der Waals surface area contributed by atoms with Gasteiger partial charge in [0.05, 0.1) is 19.0 Å². The quantitative estimate of drug-likeness (QED) is 0.199. The highest BCUT2D eigenvalue weighted by Gasteiger charge is 2.28. The van der Waals surface area contributed by atoms with Gasteiger partial charge in [-0.25, -0.2) is 24.0 Å². The molecule has 1 N–H and O–H groups in total. The van der Waals surface area contributed by atoms with E-state index in [0.717, 1.165) is 38.6 Å². The van der Waals surface area contributed by atoms with Gasteiger partial charge in [-0.15, -0.1) is 0 Å². The molecule has 1 amide bonds. The van der Waals surface area contributed by atoms with Gasteiger partial charge in [0.15, 0.2) is 11.4 Å². The monoisotopic (exact) mass is 598 g/mol. The molecule has 5 rings (SSSR count). The Morgan fingerprint density at radius 1 is 1.17 bits per heavy atom. The van der Waals surface area contributed by atoms with E-state index >= 15 is 0 Å². The van der Waals surface area contributed by atoms with Gasteiger partial charge in [-0.2, -0.15) is 10.2 Å². The first-order chi connectivity index (χ1) is 19.6. The molecule has 0 unspecified atom stereocenters. The van der Waals surface area contributed by atoms with Crippen molar-refractivity contribution in [2.24, 2.45) is 0 Å². The molecule has 4 aromatic heterocycles. The maximum atomic E-state index is 11.3. The van der Waals surface area contributed by atoms with Crippen LogP contribution in [-0.4, -0.2) is 93.4 Å². The third-order valence-corrected chi connectivity index (χ3v) is 9.94. The van der Waals surface area contributed by atoms with Crippen LogP contribution in [0.25, 0.3) is 27.6 Å². The molecular weight excluding hydrogens is 561 g/mol. The topological polar surface area (TPSA) is 123 Å². The number of nitrogens with zero attached hydrogens (tertiary/aromatic N) is 8. The molecule has 0 radical (unpaired) electrons. The van der Waals surface area contributed by atoms with Crippen LogP contribution < -0.4 is 9.64 Å². The van der Waals surface area contributed by atoms with Gasteiger partial charge >= 0.3 is 6.09 Å². The third kappa shape index (κ3) is 6.23. The van der Waals surface area contributed by atoms with Gasteiger partial charge < -0.3 is 24.4 Å². The molecule has 1 aliphatic heterocycles. The predicted molar refractivity (Wildman–Crippen MR) is 162 cm³/mol. The Morgan fingerprint density at radius 3 is 2.59 bits per heavy atom. The van der Waals surface area contributed by atoms with Gasteiger partial charge in [0.25, 0.3) is 0 Å². The molecule has 0 aliphatic carbocycles. The lowest BCUT2D eigenvalue weighted by Crippen LogP contribution is -2.48. The number of anilines is 1. The number of methoxy groups -OCH3 is 1. The number of piperazine rings is 1. The Morgan fingerprint density at radius 2 is 1.93 bits per heavy atom. The van der Waals surface area contributed by atoms with Crippen LogP contribution >= 0.6 is 11.3 Å². The van der Waals surface area contributed by atoms with Gasteiger partial charge in [0.2, 0.25) is 0 Å². The largest absolute Gasteiger partial charge is 0.493 e. The van der Waals surface area contributed by atoms with Crippen LogP contribution in [0.3, 0.4) is 0 Å². The summed E-state index contributed by atoms with van der Waals surface area (Å²) >= 11 is 1.58. The van der Waals surface area contributed by atoms with Crippen molar-refractivity contribution in [3.05, 3.63) is 30.4 Å². The first-order valence-corrected chi connectivity index (χ1v) is 18.3. The van der Waals surface area contributed by atoms with E-state index in [0.29, 0.717) is 50.9 Å². The second kappa shape index (κ2) is 11.8. The molecule has 1 aliphatic rings. The van der Waals surface area contributed by atoms with Crippen molar-refractivity contribution >= 4 is 36.2 Å². The van der Waals surface area contributed by atoms with Crippen molar-refractivity contribution in [3.8, 4) is 27.7 Å². The smallest absolute Gasteiger partial charge is 0.407 e. The first-order valence-electron chi connectivity index (χ1n) is 13.8. The molecule has 1 fully saturated rings. The molecule has 0 atom stereocenters. The minimum absolute atomic E-state index is 0.139. The van der Waals surface area contributed by atoms with Crippen LogP contribution in [0.1, 0.15) is 25.3 Å². The van der Waals surface area contributed by atoms with Crippen molar-refractivity contribution in [1.82, 2.24) is 34.3 Å². The van der Waals surface area contributed by atoms with E-state index < -0.39 is 14.2 Å². The highest BCUT2D eigenvalue weighted by molar-refractivity contribution is 7.18. The third-order valence-electron chi connectivity index (χ3n) is 7.17. The summed E-state index contributed by atoms with van der Waals surface area (Å²) in [6.45, 7) is 14.5. The van der Waals surface area contributed by atoms with Gasteiger partial charge in [0, 0.05) is 58.2 Å². The molecule has 41 heavy (non-hydrogen) atoms. The number of rotatable bonds is 10. The van der Waals surface area contributed by atoms with Gasteiger partial charge in [-0.1, -0.05) is 44.8 Å². The first kappa shape index (κ1) is 29.0. The zero-order chi connectivity index (χ0) is 29.3. The number of ether oxygens (including phenoxy) is 2. The zero-order valence-corrected chi connectivity index (χ0v) is 26.3. The molecule has 0 aromatic carbocycles. The summed E-state index contributed by atoms with van der Waals surface area (Å²) in [6.07, 6.45) is 4.46. The second-order valence-electron chi connectivity index (χ2n) is 11.7. The lowest BCUT2D eigenvalue weighted by atomic mass is 9.97. The lowest BCUT2D eigenvalue weighted by molar-refractivity contribution is 0.0799. The average molecular weight is 599 g/mol. The minimum Gasteiger partial charge on any atom is -0.493 e. The molecule has 5 heterocycles. The standard InChI is InChI=1S/C27H38N8O4SSi/c1-18(2)22-23(26-28-14-21(40-26)32-7-9-33(10-8-32)27(36)37)31-35(17-39-11-12-41(4,5)6)24(22)19-13-20(38-3)25-29-16-30-34(25)15-19/h13-16,18H,7-12,17H2,1-6H3,(H,36,37). The van der Waals surface area contributed by atoms with E-state index in [1.807, 2.05) is 23.1 Å². The lowest BCUT2D eigenvalue weighted by Gasteiger charge is -2.33. The zero-order valence-electron chi connectivity index (χ0n) is 24.5. The number of amides is 1. The number of aromatic nitrogens is 6. The van der Waals surface area contributed by atoms with E-state index in [-0.39, 0.29) is 5.92 Å². The summed E-state index contributed by atoms with van der Waals surface area (Å²) in [5, 5.41) is 20.6. The molecule has 220 valence electrons. The molecule has 0 bridgehead atoms. The van der Waals surface area contributed by atoms with Crippen LogP contribution in [0.2, 0.25) is 25.7 Å². The molecule has 0 saturated carbocycles. The van der Waals surface area contributed by atoms with Crippen LogP contribution in [-0.2, 0) is 11.5 Å². The summed E-state index contributed by atoms with van der Waals surface area (Å²) in [7, 11) is 0.384. The Hall–Kier alpha value is -3.49. The number of fused-ring (bicyclic) bond motifs is 1. The Kier molecular flexibility index (Phi) is 8.34. The predicted octanol–water partition coefficient (Wildman–Crippen LogP) is 4.96. The Bertz CT molecular complexity index is 1520. The summed E-state index contributed by atoms with van der Waals surface area (Å²) in [6, 6.07) is 3.04. The van der Waals surface area contributed by atoms with Crippen molar-refractivity contribution in [1.29, 1.82) is 0 Å². The van der Waals surface area contributed by atoms with Gasteiger partial charge in [-0.05, 0) is 18.0 Å². The van der Waals surface area contributed by atoms with Crippen molar-refractivity contribution < 1.29 is 19.4 Å². The van der Waals surface area contributed by atoms with E-state index in [1.54, 1.807) is 23.0 Å².